The molecule has 2 unspecified atom stereocenters. The van der Waals surface area contributed by atoms with Crippen molar-refractivity contribution in [1.29, 1.82) is 0 Å². The minimum atomic E-state index is -4.76. The van der Waals surface area contributed by atoms with Gasteiger partial charge in [-0.25, -0.2) is 18.2 Å². The average molecular weight is 542 g/mol. The maximum atomic E-state index is 13.1. The average Bonchev–Trinajstić information content (AvgIpc) is 3.42. The number of carbonyl (C=O) groups is 2. The van der Waals surface area contributed by atoms with Crippen molar-refractivity contribution in [3.8, 4) is 11.1 Å². The first-order valence-corrected chi connectivity index (χ1v) is 12.8. The minimum absolute atomic E-state index is 0.161. The van der Waals surface area contributed by atoms with E-state index in [-0.39, 0.29) is 5.01 Å². The lowest BCUT2D eigenvalue weighted by Gasteiger charge is -2.17. The Balaban J connectivity index is 1.80. The number of benzene rings is 2. The number of hydrogen-bond acceptors (Lipinski definition) is 8. The van der Waals surface area contributed by atoms with Crippen LogP contribution in [0.2, 0.25) is 0 Å². The molecular weight excluding hydrogens is 523 g/mol. The molecule has 4 N–H and O–H groups in total. The van der Waals surface area contributed by atoms with Gasteiger partial charge in [-0.1, -0.05) is 36.4 Å². The highest BCUT2D eigenvalue weighted by atomic mass is 32.2. The topological polar surface area (TPSA) is 158 Å². The SMILES string of the molecule is NC(=O)C1OC(C(c2nc3ccc(-c4ccccc4)cc3s2)S(=O)(=O)CCC(F)(F)F)=NN1C(N)=O. The van der Waals surface area contributed by atoms with Crippen LogP contribution >= 0.6 is 11.3 Å². The lowest BCUT2D eigenvalue weighted by molar-refractivity contribution is -0.130. The third kappa shape index (κ3) is 5.26. The molecule has 0 fully saturated rings. The number of ether oxygens (including phenoxy) is 1. The molecule has 15 heteroatoms. The summed E-state index contributed by atoms with van der Waals surface area (Å²) in [5, 5.41) is 1.89. The summed E-state index contributed by atoms with van der Waals surface area (Å²) in [4.78, 5) is 27.7. The van der Waals surface area contributed by atoms with Crippen molar-refractivity contribution >= 4 is 49.2 Å². The number of rotatable bonds is 7. The van der Waals surface area contributed by atoms with Crippen LogP contribution in [0.15, 0.2) is 53.6 Å². The molecule has 3 amide bonds. The number of fused-ring (bicyclic) bond motifs is 1. The number of hydrogen-bond donors (Lipinski definition) is 2. The van der Waals surface area contributed by atoms with E-state index in [1.807, 2.05) is 30.3 Å². The molecule has 0 radical (unpaired) electrons. The lowest BCUT2D eigenvalue weighted by atomic mass is 10.1. The first kappa shape index (κ1) is 25.4. The number of urea groups is 1. The molecule has 1 aromatic heterocycles. The highest BCUT2D eigenvalue weighted by Crippen LogP contribution is 2.37. The molecule has 1 aliphatic heterocycles. The van der Waals surface area contributed by atoms with Crippen LogP contribution in [0.4, 0.5) is 18.0 Å². The Hall–Kier alpha value is -3.72. The zero-order valence-corrected chi connectivity index (χ0v) is 19.8. The summed E-state index contributed by atoms with van der Waals surface area (Å²) < 4.78 is 70.6. The van der Waals surface area contributed by atoms with E-state index in [9.17, 15) is 31.2 Å². The van der Waals surface area contributed by atoms with Crippen molar-refractivity contribution in [3.63, 3.8) is 0 Å². The summed E-state index contributed by atoms with van der Waals surface area (Å²) >= 11 is 0.897. The third-order valence-electron chi connectivity index (χ3n) is 5.12. The van der Waals surface area contributed by atoms with Crippen LogP contribution < -0.4 is 11.5 Å². The third-order valence-corrected chi connectivity index (χ3v) is 8.27. The Kier molecular flexibility index (Phi) is 6.62. The molecule has 0 saturated heterocycles. The van der Waals surface area contributed by atoms with Crippen LogP contribution in [0.1, 0.15) is 16.7 Å². The van der Waals surface area contributed by atoms with Gasteiger partial charge in [0.15, 0.2) is 15.1 Å². The highest BCUT2D eigenvalue weighted by Gasteiger charge is 2.46. The molecule has 0 saturated carbocycles. The molecule has 36 heavy (non-hydrogen) atoms. The van der Waals surface area contributed by atoms with Crippen molar-refractivity contribution in [2.75, 3.05) is 5.75 Å². The van der Waals surface area contributed by atoms with E-state index in [1.54, 1.807) is 18.2 Å². The van der Waals surface area contributed by atoms with Gasteiger partial charge in [0, 0.05) is 0 Å². The zero-order valence-electron chi connectivity index (χ0n) is 18.2. The van der Waals surface area contributed by atoms with E-state index in [0.29, 0.717) is 15.2 Å². The smallest absolute Gasteiger partial charge is 0.390 e. The summed E-state index contributed by atoms with van der Waals surface area (Å²) in [5.74, 6) is -3.26. The fourth-order valence-electron chi connectivity index (χ4n) is 3.46. The van der Waals surface area contributed by atoms with Gasteiger partial charge in [0.25, 0.3) is 12.1 Å². The van der Waals surface area contributed by atoms with Gasteiger partial charge >= 0.3 is 12.2 Å². The molecule has 2 heterocycles. The number of primary amides is 2. The van der Waals surface area contributed by atoms with E-state index in [1.165, 1.54) is 0 Å². The van der Waals surface area contributed by atoms with Crippen molar-refractivity contribution in [1.82, 2.24) is 9.99 Å². The Morgan fingerprint density at radius 1 is 1.11 bits per heavy atom. The summed E-state index contributed by atoms with van der Waals surface area (Å²) in [5.41, 5.74) is 12.4. The van der Waals surface area contributed by atoms with E-state index >= 15 is 0 Å². The first-order valence-electron chi connectivity index (χ1n) is 10.2. The molecule has 190 valence electrons. The maximum Gasteiger partial charge on any atom is 0.390 e. The molecule has 2 atom stereocenters. The predicted molar refractivity (Wildman–Crippen MR) is 125 cm³/mol. The van der Waals surface area contributed by atoms with Crippen LogP contribution in [0.5, 0.6) is 0 Å². The van der Waals surface area contributed by atoms with E-state index < -0.39 is 57.5 Å². The summed E-state index contributed by atoms with van der Waals surface area (Å²) in [7, 11) is -4.66. The van der Waals surface area contributed by atoms with Crippen molar-refractivity contribution in [3.05, 3.63) is 53.5 Å². The fraction of sp³-hybridized carbons (Fsp3) is 0.238. The van der Waals surface area contributed by atoms with Gasteiger partial charge in [-0.05, 0) is 23.3 Å². The van der Waals surface area contributed by atoms with Crippen molar-refractivity contribution < 1.29 is 35.9 Å². The fourth-order valence-corrected chi connectivity index (χ4v) is 6.54. The van der Waals surface area contributed by atoms with Crippen molar-refractivity contribution in [2.45, 2.75) is 24.1 Å². The van der Waals surface area contributed by atoms with E-state index in [0.717, 1.165) is 22.5 Å². The monoisotopic (exact) mass is 541 g/mol. The van der Waals surface area contributed by atoms with Crippen LogP contribution in [0.3, 0.4) is 0 Å². The number of nitrogens with zero attached hydrogens (tertiary/aromatic N) is 3. The largest absolute Gasteiger partial charge is 0.442 e. The Labute approximate surface area is 206 Å². The Morgan fingerprint density at radius 2 is 1.81 bits per heavy atom. The van der Waals surface area contributed by atoms with Crippen LogP contribution in [0.25, 0.3) is 21.3 Å². The number of aromatic nitrogens is 1. The van der Waals surface area contributed by atoms with Gasteiger partial charge in [0.05, 0.1) is 22.4 Å². The number of sulfone groups is 1. The molecule has 3 aromatic rings. The van der Waals surface area contributed by atoms with Gasteiger partial charge in [0.2, 0.25) is 5.90 Å². The number of amides is 3. The van der Waals surface area contributed by atoms with Crippen LogP contribution in [-0.4, -0.2) is 54.4 Å². The van der Waals surface area contributed by atoms with Gasteiger partial charge < -0.3 is 16.2 Å². The van der Waals surface area contributed by atoms with Crippen molar-refractivity contribution in [2.24, 2.45) is 16.6 Å². The number of thiazole rings is 1. The highest BCUT2D eigenvalue weighted by molar-refractivity contribution is 7.92. The quantitative estimate of drug-likeness (QED) is 0.468. The lowest BCUT2D eigenvalue weighted by Crippen LogP contribution is -2.45. The first-order chi connectivity index (χ1) is 16.9. The molecule has 0 bridgehead atoms. The maximum absolute atomic E-state index is 13.1. The number of alkyl halides is 3. The second kappa shape index (κ2) is 9.39. The summed E-state index contributed by atoms with van der Waals surface area (Å²) in [6.45, 7) is 0. The molecular formula is C21H18F3N5O5S2. The van der Waals surface area contributed by atoms with Crippen LogP contribution in [-0.2, 0) is 19.4 Å². The molecule has 0 spiro atoms. The number of hydrazone groups is 1. The molecule has 2 aromatic carbocycles. The number of halogens is 3. The number of nitrogens with two attached hydrogens (primary N) is 2. The summed E-state index contributed by atoms with van der Waals surface area (Å²) in [6.07, 6.45) is -8.26. The zero-order chi connectivity index (χ0) is 26.3. The van der Waals surface area contributed by atoms with Gasteiger partial charge in [-0.2, -0.15) is 18.2 Å². The normalized spacial score (nSPS) is 17.0. The molecule has 4 rings (SSSR count). The minimum Gasteiger partial charge on any atom is -0.442 e. The summed E-state index contributed by atoms with van der Waals surface area (Å²) in [6, 6.07) is 13.1. The van der Waals surface area contributed by atoms with Gasteiger partial charge in [-0.15, -0.1) is 16.4 Å². The van der Waals surface area contributed by atoms with Gasteiger partial charge in [0.1, 0.15) is 5.01 Å². The number of carbonyl (C=O) groups excluding carboxylic acids is 2. The second-order valence-electron chi connectivity index (χ2n) is 7.71. The standard InChI is InChI=1S/C21H18F3N5O5S2/c22-21(23,24)8-9-36(32,33)15(17-28-29(20(26)31)19(34-17)16(25)30)18-27-13-7-6-12(10-14(13)35-18)11-4-2-1-3-5-11/h1-7,10,15,19H,8-9H2,(H2,25,30)(H2,26,31). The Bertz CT molecular complexity index is 1460. The van der Waals surface area contributed by atoms with E-state index in [2.05, 4.69) is 10.1 Å². The predicted octanol–water partition coefficient (Wildman–Crippen LogP) is 2.91. The van der Waals surface area contributed by atoms with Gasteiger partial charge in [-0.3, -0.25) is 4.79 Å². The molecule has 1 aliphatic rings. The Morgan fingerprint density at radius 3 is 2.39 bits per heavy atom. The second-order valence-corrected chi connectivity index (χ2v) is 11.0. The molecule has 10 nitrogen and oxygen atoms in total. The van der Waals surface area contributed by atoms with E-state index in [4.69, 9.17) is 16.2 Å². The molecule has 0 aliphatic carbocycles. The van der Waals surface area contributed by atoms with Crippen LogP contribution in [0, 0.1) is 0 Å².